The summed E-state index contributed by atoms with van der Waals surface area (Å²) < 4.78 is 0. The number of rotatable bonds is 3. The molecule has 0 bridgehead atoms. The van der Waals surface area contributed by atoms with Crippen LogP contribution in [0.15, 0.2) is 46.9 Å². The van der Waals surface area contributed by atoms with E-state index in [1.807, 2.05) is 33.0 Å². The van der Waals surface area contributed by atoms with Gasteiger partial charge in [-0.15, -0.1) is 0 Å². The maximum absolute atomic E-state index is 9.52. The highest BCUT2D eigenvalue weighted by atomic mass is 16.3. The van der Waals surface area contributed by atoms with Gasteiger partial charge in [0.15, 0.2) is 0 Å². The first kappa shape index (κ1) is 15.9. The maximum atomic E-state index is 9.52. The monoisotopic (exact) mass is 321 g/mol. The van der Waals surface area contributed by atoms with Gasteiger partial charge in [0.2, 0.25) is 5.88 Å². The van der Waals surface area contributed by atoms with Crippen LogP contribution in [-0.2, 0) is 6.42 Å². The molecule has 0 saturated carbocycles. The molecule has 6 nitrogen and oxygen atoms in total. The van der Waals surface area contributed by atoms with Crippen molar-refractivity contribution in [3.8, 4) is 5.88 Å². The highest BCUT2D eigenvalue weighted by molar-refractivity contribution is 6.12. The molecule has 1 aliphatic rings. The van der Waals surface area contributed by atoms with Crippen molar-refractivity contribution in [2.75, 3.05) is 0 Å². The van der Waals surface area contributed by atoms with Crippen LogP contribution < -0.4 is 5.32 Å². The molecule has 0 aromatic carbocycles. The summed E-state index contributed by atoms with van der Waals surface area (Å²) in [6.45, 7) is 5.83. The predicted octanol–water partition coefficient (Wildman–Crippen LogP) is 3.07. The fraction of sp³-hybridized carbons (Fsp3) is 0.222. The Morgan fingerprint density at radius 2 is 2.04 bits per heavy atom. The molecule has 2 aromatic heterocycles. The Labute approximate surface area is 140 Å². The Kier molecular flexibility index (Phi) is 4.12. The Balaban J connectivity index is 2.04. The second-order valence-electron chi connectivity index (χ2n) is 5.66. The molecule has 3 N–H and O–H groups in total. The van der Waals surface area contributed by atoms with Crippen molar-refractivity contribution in [3.63, 3.8) is 0 Å². The third-order valence-electron chi connectivity index (χ3n) is 3.83. The van der Waals surface area contributed by atoms with E-state index in [1.54, 1.807) is 12.1 Å². The number of allylic oxidation sites excluding steroid dienone is 3. The van der Waals surface area contributed by atoms with Crippen LogP contribution in [0.25, 0.3) is 11.0 Å². The van der Waals surface area contributed by atoms with Gasteiger partial charge in [-0.1, -0.05) is 6.92 Å². The number of hydrogen-bond donors (Lipinski definition) is 3. The van der Waals surface area contributed by atoms with E-state index in [2.05, 4.69) is 20.3 Å². The van der Waals surface area contributed by atoms with Crippen LogP contribution in [0.1, 0.15) is 32.0 Å². The van der Waals surface area contributed by atoms with Gasteiger partial charge in [0.25, 0.3) is 0 Å². The van der Waals surface area contributed by atoms with E-state index < -0.39 is 0 Å². The molecular formula is C18H19N5O. The first-order chi connectivity index (χ1) is 11.5. The summed E-state index contributed by atoms with van der Waals surface area (Å²) in [5, 5.41) is 21.1. The topological polar surface area (TPSA) is 94.3 Å². The summed E-state index contributed by atoms with van der Waals surface area (Å²) in [6, 6.07) is 5.09. The van der Waals surface area contributed by atoms with Crippen molar-refractivity contribution >= 4 is 22.5 Å². The summed E-state index contributed by atoms with van der Waals surface area (Å²) in [7, 11) is 0. The average Bonchev–Trinajstić information content (AvgIpc) is 2.56. The summed E-state index contributed by atoms with van der Waals surface area (Å²) in [4.78, 5) is 13.1. The van der Waals surface area contributed by atoms with Gasteiger partial charge in [0, 0.05) is 12.3 Å². The zero-order valence-corrected chi connectivity index (χ0v) is 13.9. The normalized spacial score (nSPS) is 15.9. The van der Waals surface area contributed by atoms with Crippen LogP contribution in [0.2, 0.25) is 0 Å². The minimum Gasteiger partial charge on any atom is -0.493 e. The Morgan fingerprint density at radius 1 is 1.25 bits per heavy atom. The van der Waals surface area contributed by atoms with Gasteiger partial charge in [-0.2, -0.15) is 0 Å². The van der Waals surface area contributed by atoms with Crippen LogP contribution in [0, 0.1) is 5.41 Å². The van der Waals surface area contributed by atoms with E-state index in [-0.39, 0.29) is 5.88 Å². The number of nitrogens with one attached hydrogen (secondary N) is 2. The van der Waals surface area contributed by atoms with Crippen molar-refractivity contribution in [1.29, 1.82) is 5.41 Å². The van der Waals surface area contributed by atoms with E-state index in [0.29, 0.717) is 22.4 Å². The summed E-state index contributed by atoms with van der Waals surface area (Å²) in [5.74, 6) is -0.0308. The van der Waals surface area contributed by atoms with Crippen molar-refractivity contribution in [3.05, 3.63) is 53.1 Å². The molecule has 122 valence electrons. The second-order valence-corrected chi connectivity index (χ2v) is 5.66. The summed E-state index contributed by atoms with van der Waals surface area (Å²) in [5.41, 5.74) is 5.66. The number of nitrogens with zero attached hydrogens (tertiary/aromatic N) is 3. The van der Waals surface area contributed by atoms with Crippen molar-refractivity contribution in [1.82, 2.24) is 15.3 Å². The first-order valence-electron chi connectivity index (χ1n) is 7.77. The lowest BCUT2D eigenvalue weighted by molar-refractivity contribution is 0.456. The largest absolute Gasteiger partial charge is 0.493 e. The van der Waals surface area contributed by atoms with Crippen LogP contribution in [0.5, 0.6) is 5.88 Å². The molecule has 3 heterocycles. The molecule has 24 heavy (non-hydrogen) atoms. The zero-order valence-electron chi connectivity index (χ0n) is 13.9. The fourth-order valence-corrected chi connectivity index (χ4v) is 2.59. The molecule has 2 aromatic rings. The Hall–Kier alpha value is -3.02. The highest BCUT2D eigenvalue weighted by Gasteiger charge is 2.13. The number of fused-ring (bicyclic) bond motifs is 1. The molecule has 0 radical (unpaired) electrons. The SMILES string of the molecule is CCc1cc2nc(O)ccc2nc1C(=N)/C=C1\NC=C(C)N=C1C. The third-order valence-corrected chi connectivity index (χ3v) is 3.83. The van der Waals surface area contributed by atoms with Gasteiger partial charge in [0.1, 0.15) is 0 Å². The van der Waals surface area contributed by atoms with Crippen LogP contribution >= 0.6 is 0 Å². The van der Waals surface area contributed by atoms with E-state index >= 15 is 0 Å². The Bertz CT molecular complexity index is 924. The molecule has 0 fully saturated rings. The van der Waals surface area contributed by atoms with Gasteiger partial charge >= 0.3 is 0 Å². The van der Waals surface area contributed by atoms with Crippen molar-refractivity contribution in [2.24, 2.45) is 4.99 Å². The molecule has 6 heteroatoms. The van der Waals surface area contributed by atoms with E-state index in [9.17, 15) is 5.11 Å². The quantitative estimate of drug-likeness (QED) is 0.757. The lowest BCUT2D eigenvalue weighted by atomic mass is 10.0. The second kappa shape index (κ2) is 6.23. The van der Waals surface area contributed by atoms with Crippen molar-refractivity contribution in [2.45, 2.75) is 27.2 Å². The van der Waals surface area contributed by atoms with Crippen LogP contribution in [0.3, 0.4) is 0 Å². The molecule has 0 aliphatic carbocycles. The summed E-state index contributed by atoms with van der Waals surface area (Å²) >= 11 is 0. The maximum Gasteiger partial charge on any atom is 0.211 e. The van der Waals surface area contributed by atoms with Gasteiger partial charge < -0.3 is 10.4 Å². The molecule has 1 aliphatic heterocycles. The van der Waals surface area contributed by atoms with E-state index in [1.165, 1.54) is 6.07 Å². The van der Waals surface area contributed by atoms with E-state index in [4.69, 9.17) is 5.41 Å². The lowest BCUT2D eigenvalue weighted by Gasteiger charge is -2.14. The van der Waals surface area contributed by atoms with Gasteiger partial charge in [-0.05, 0) is 44.0 Å². The fourth-order valence-electron chi connectivity index (χ4n) is 2.59. The molecule has 0 atom stereocenters. The van der Waals surface area contributed by atoms with Crippen LogP contribution in [0.4, 0.5) is 0 Å². The molecule has 3 rings (SSSR count). The van der Waals surface area contributed by atoms with E-state index in [0.717, 1.165) is 29.1 Å². The highest BCUT2D eigenvalue weighted by Crippen LogP contribution is 2.20. The number of aromatic hydroxyl groups is 1. The standard InChI is InChI=1S/C18H19N5O/c1-4-12-7-16-14(5-6-17(24)22-16)23-18(12)13(19)8-15-11(3)21-10(2)9-20-15/h5-9,19-20H,4H2,1-3H3,(H,22,24)/b15-8-,19-13?. The minimum absolute atomic E-state index is 0.0308. The smallest absolute Gasteiger partial charge is 0.211 e. The minimum atomic E-state index is -0.0308. The number of aromatic nitrogens is 2. The summed E-state index contributed by atoms with van der Waals surface area (Å²) in [6.07, 6.45) is 4.27. The molecule has 0 unspecified atom stereocenters. The van der Waals surface area contributed by atoms with Gasteiger partial charge in [-0.25, -0.2) is 9.97 Å². The number of aliphatic imine (C=N–C) groups is 1. The van der Waals surface area contributed by atoms with Crippen molar-refractivity contribution < 1.29 is 5.11 Å². The molecule has 0 saturated heterocycles. The van der Waals surface area contributed by atoms with Crippen LogP contribution in [-0.4, -0.2) is 26.5 Å². The van der Waals surface area contributed by atoms with Gasteiger partial charge in [-0.3, -0.25) is 10.4 Å². The third kappa shape index (κ3) is 3.03. The molecule has 0 amide bonds. The predicted molar refractivity (Wildman–Crippen MR) is 95.5 cm³/mol. The number of aryl methyl sites for hydroxylation is 1. The first-order valence-corrected chi connectivity index (χ1v) is 7.77. The van der Waals surface area contributed by atoms with Gasteiger partial charge in [0.05, 0.1) is 39.5 Å². The number of hydrogen-bond acceptors (Lipinski definition) is 6. The lowest BCUT2D eigenvalue weighted by Crippen LogP contribution is -2.19. The molecular weight excluding hydrogens is 302 g/mol. The number of pyridine rings is 2. The zero-order chi connectivity index (χ0) is 17.3. The average molecular weight is 321 g/mol. The Morgan fingerprint density at radius 3 is 2.75 bits per heavy atom. The molecule has 0 spiro atoms.